The summed E-state index contributed by atoms with van der Waals surface area (Å²) in [7, 11) is 0. The Morgan fingerprint density at radius 2 is 2.00 bits per heavy atom. The van der Waals surface area contributed by atoms with Gasteiger partial charge < -0.3 is 16.2 Å². The van der Waals surface area contributed by atoms with Crippen molar-refractivity contribution in [1.82, 2.24) is 10.7 Å². The smallest absolute Gasteiger partial charge is 0.405 e. The molecule has 1 rings (SSSR count). The van der Waals surface area contributed by atoms with E-state index in [9.17, 15) is 14.9 Å². The van der Waals surface area contributed by atoms with Gasteiger partial charge in [-0.1, -0.05) is 17.6 Å². The van der Waals surface area contributed by atoms with Gasteiger partial charge in [0.1, 0.15) is 0 Å². The summed E-state index contributed by atoms with van der Waals surface area (Å²) >= 11 is 0. The third-order valence-corrected chi connectivity index (χ3v) is 2.48. The Balaban J connectivity index is 2.74. The van der Waals surface area contributed by atoms with E-state index < -0.39 is 16.7 Å². The zero-order valence-electron chi connectivity index (χ0n) is 11.7. The predicted octanol–water partition coefficient (Wildman–Crippen LogP) is 1.00. The molecule has 0 aromatic heterocycles. The van der Waals surface area contributed by atoms with Gasteiger partial charge in [0.25, 0.3) is 5.96 Å². The molecule has 0 aliphatic heterocycles. The summed E-state index contributed by atoms with van der Waals surface area (Å²) in [6.07, 6.45) is -0.591. The average molecular weight is 295 g/mol. The Morgan fingerprint density at radius 3 is 2.48 bits per heavy atom. The number of carbonyl (C=O) groups is 1. The number of guanidine groups is 1. The second-order valence-electron chi connectivity index (χ2n) is 5.02. The highest BCUT2D eigenvalue weighted by molar-refractivity contribution is 5.79. The molecule has 0 atom stereocenters. The minimum Gasteiger partial charge on any atom is -0.465 e. The van der Waals surface area contributed by atoms with Gasteiger partial charge in [-0.2, -0.15) is 0 Å². The van der Waals surface area contributed by atoms with Gasteiger partial charge in [-0.15, -0.1) is 0 Å². The molecule has 0 aliphatic rings. The van der Waals surface area contributed by atoms with Crippen LogP contribution in [0.15, 0.2) is 29.3 Å². The summed E-state index contributed by atoms with van der Waals surface area (Å²) in [5.74, 6) is -0.319. The van der Waals surface area contributed by atoms with Crippen LogP contribution in [0, 0.1) is 10.1 Å². The average Bonchev–Trinajstić information content (AvgIpc) is 2.28. The molecule has 1 amide bonds. The molecule has 0 aliphatic carbocycles. The van der Waals surface area contributed by atoms with Crippen molar-refractivity contribution in [3.63, 3.8) is 0 Å². The molecule has 0 bridgehead atoms. The van der Waals surface area contributed by atoms with Crippen LogP contribution in [0.1, 0.15) is 19.4 Å². The Morgan fingerprint density at radius 1 is 1.43 bits per heavy atom. The van der Waals surface area contributed by atoms with Crippen molar-refractivity contribution in [2.24, 2.45) is 10.7 Å². The van der Waals surface area contributed by atoms with E-state index in [1.165, 1.54) is 0 Å². The van der Waals surface area contributed by atoms with E-state index in [0.29, 0.717) is 12.1 Å². The van der Waals surface area contributed by atoms with Crippen molar-refractivity contribution in [3.8, 4) is 0 Å². The number of nitrogens with one attached hydrogen (secondary N) is 2. The topological polar surface area (TPSA) is 143 Å². The van der Waals surface area contributed by atoms with E-state index in [4.69, 9.17) is 10.8 Å². The first-order valence-electron chi connectivity index (χ1n) is 6.03. The normalized spacial score (nSPS) is 11.8. The van der Waals surface area contributed by atoms with Crippen LogP contribution in [-0.4, -0.2) is 27.7 Å². The van der Waals surface area contributed by atoms with Crippen LogP contribution in [0.5, 0.6) is 0 Å². The summed E-state index contributed by atoms with van der Waals surface area (Å²) in [4.78, 5) is 24.7. The Hall–Kier alpha value is -2.84. The minimum absolute atomic E-state index is 0.319. The van der Waals surface area contributed by atoms with Gasteiger partial charge in [0.2, 0.25) is 0 Å². The number of hydrogen-bond donors (Lipinski definition) is 4. The summed E-state index contributed by atoms with van der Waals surface area (Å²) in [5.41, 5.74) is 7.81. The van der Waals surface area contributed by atoms with E-state index in [1.54, 1.807) is 43.5 Å². The first-order valence-corrected chi connectivity index (χ1v) is 6.03. The third kappa shape index (κ3) is 6.23. The number of hydrazine groups is 1. The van der Waals surface area contributed by atoms with Crippen molar-refractivity contribution in [3.05, 3.63) is 39.9 Å². The lowest BCUT2D eigenvalue weighted by Gasteiger charge is -2.24. The fourth-order valence-corrected chi connectivity index (χ4v) is 1.79. The van der Waals surface area contributed by atoms with Gasteiger partial charge in [-0.3, -0.25) is 0 Å². The zero-order valence-corrected chi connectivity index (χ0v) is 11.7. The SMILES string of the molecule is CC(C)(Cc1ccc(N=C(N)N[N+](=O)[O-])cc1)NC(=O)O. The van der Waals surface area contributed by atoms with Gasteiger partial charge in [0.15, 0.2) is 5.03 Å². The highest BCUT2D eigenvalue weighted by atomic mass is 16.7. The zero-order chi connectivity index (χ0) is 16.0. The summed E-state index contributed by atoms with van der Waals surface area (Å²) in [6.45, 7) is 3.54. The van der Waals surface area contributed by atoms with Gasteiger partial charge in [-0.05, 0) is 38.0 Å². The second kappa shape index (κ2) is 6.55. The number of nitrogens with zero attached hydrogens (tertiary/aromatic N) is 2. The van der Waals surface area contributed by atoms with Gasteiger partial charge >= 0.3 is 6.09 Å². The molecule has 0 saturated carbocycles. The predicted molar refractivity (Wildman–Crippen MR) is 76.8 cm³/mol. The first-order chi connectivity index (χ1) is 9.68. The summed E-state index contributed by atoms with van der Waals surface area (Å²) in [5, 5.41) is 20.5. The molecule has 0 unspecified atom stereocenters. The van der Waals surface area contributed by atoms with Gasteiger partial charge in [0.05, 0.1) is 5.69 Å². The van der Waals surface area contributed by atoms with Crippen LogP contribution in [-0.2, 0) is 6.42 Å². The summed E-state index contributed by atoms with van der Waals surface area (Å²) in [6, 6.07) is 6.79. The maximum absolute atomic E-state index is 10.7. The van der Waals surface area contributed by atoms with Crippen LogP contribution in [0.25, 0.3) is 0 Å². The molecule has 0 saturated heterocycles. The first kappa shape index (κ1) is 16.2. The number of rotatable bonds is 5. The van der Waals surface area contributed by atoms with Crippen molar-refractivity contribution in [2.45, 2.75) is 25.8 Å². The minimum atomic E-state index is -1.08. The number of aliphatic imine (C=N–C) groups is 1. The molecule has 0 radical (unpaired) electrons. The van der Waals surface area contributed by atoms with Crippen LogP contribution in [0.4, 0.5) is 10.5 Å². The maximum Gasteiger partial charge on any atom is 0.405 e. The Kier molecular flexibility index (Phi) is 5.06. The lowest BCUT2D eigenvalue weighted by molar-refractivity contribution is -0.525. The quantitative estimate of drug-likeness (QED) is 0.276. The van der Waals surface area contributed by atoms with Crippen LogP contribution < -0.4 is 16.5 Å². The number of benzene rings is 1. The number of nitro groups is 1. The molecular weight excluding hydrogens is 278 g/mol. The highest BCUT2D eigenvalue weighted by Crippen LogP contribution is 2.17. The second-order valence-corrected chi connectivity index (χ2v) is 5.02. The molecule has 114 valence electrons. The van der Waals surface area contributed by atoms with Crippen molar-refractivity contribution < 1.29 is 14.9 Å². The van der Waals surface area contributed by atoms with E-state index >= 15 is 0 Å². The maximum atomic E-state index is 10.7. The molecule has 1 aromatic rings. The summed E-state index contributed by atoms with van der Waals surface area (Å²) < 4.78 is 0. The van der Waals surface area contributed by atoms with Crippen molar-refractivity contribution in [1.29, 1.82) is 0 Å². The highest BCUT2D eigenvalue weighted by Gasteiger charge is 2.20. The number of hydrogen-bond acceptors (Lipinski definition) is 4. The van der Waals surface area contributed by atoms with Gasteiger partial charge in [-0.25, -0.2) is 19.9 Å². The monoisotopic (exact) mass is 295 g/mol. The molecule has 21 heavy (non-hydrogen) atoms. The molecule has 5 N–H and O–H groups in total. The Bertz CT molecular complexity index is 553. The van der Waals surface area contributed by atoms with Crippen LogP contribution >= 0.6 is 0 Å². The fraction of sp³-hybridized carbons (Fsp3) is 0.333. The number of carboxylic acid groups (broad SMARTS) is 1. The number of amides is 1. The molecule has 0 fully saturated rings. The molecule has 1 aromatic carbocycles. The Labute approximate surface area is 121 Å². The standard InChI is InChI=1S/C12H17N5O4/c1-12(2,15-11(18)19)7-8-3-5-9(6-4-8)14-10(13)16-17(20)21/h3-6,15H,7H2,1-2H3,(H,18,19)(H3,13,14,16). The van der Waals surface area contributed by atoms with E-state index in [1.807, 2.05) is 0 Å². The molecule has 9 heteroatoms. The third-order valence-electron chi connectivity index (χ3n) is 2.48. The number of nitrogens with two attached hydrogens (primary N) is 1. The van der Waals surface area contributed by atoms with Crippen LogP contribution in [0.2, 0.25) is 0 Å². The molecule has 0 spiro atoms. The van der Waals surface area contributed by atoms with Gasteiger partial charge in [0, 0.05) is 5.54 Å². The molecular formula is C12H17N5O4. The van der Waals surface area contributed by atoms with E-state index in [2.05, 4.69) is 10.3 Å². The largest absolute Gasteiger partial charge is 0.465 e. The van der Waals surface area contributed by atoms with E-state index in [0.717, 1.165) is 5.56 Å². The molecule has 0 heterocycles. The lowest BCUT2D eigenvalue weighted by atomic mass is 9.95. The van der Waals surface area contributed by atoms with Crippen molar-refractivity contribution >= 4 is 17.7 Å². The van der Waals surface area contributed by atoms with Crippen molar-refractivity contribution in [2.75, 3.05) is 0 Å². The van der Waals surface area contributed by atoms with Crippen LogP contribution in [0.3, 0.4) is 0 Å². The fourth-order valence-electron chi connectivity index (χ4n) is 1.79. The molecule has 9 nitrogen and oxygen atoms in total. The van der Waals surface area contributed by atoms with E-state index in [-0.39, 0.29) is 5.96 Å². The lowest BCUT2D eigenvalue weighted by Crippen LogP contribution is -2.44.